The van der Waals surface area contributed by atoms with Crippen molar-refractivity contribution < 1.29 is 0 Å². The van der Waals surface area contributed by atoms with Crippen LogP contribution in [0, 0.1) is 11.8 Å². The van der Waals surface area contributed by atoms with Gasteiger partial charge in [-0.05, 0) is 47.2 Å². The van der Waals surface area contributed by atoms with Crippen LogP contribution in [0.2, 0.25) is 0 Å². The molecule has 0 bridgehead atoms. The molecule has 0 saturated carbocycles. The summed E-state index contributed by atoms with van der Waals surface area (Å²) >= 11 is 0. The summed E-state index contributed by atoms with van der Waals surface area (Å²) in [5.74, 6) is 1.70. The van der Waals surface area contributed by atoms with Gasteiger partial charge in [-0.2, -0.15) is 0 Å². The lowest BCUT2D eigenvalue weighted by Gasteiger charge is -2.27. The maximum atomic E-state index is 3.55. The second kappa shape index (κ2) is 4.43. The van der Waals surface area contributed by atoms with Crippen LogP contribution >= 0.6 is 0 Å². The van der Waals surface area contributed by atoms with Gasteiger partial charge < -0.3 is 5.32 Å². The van der Waals surface area contributed by atoms with Crippen LogP contribution < -0.4 is 5.32 Å². The Morgan fingerprint density at radius 2 is 1.29 bits per heavy atom. The predicted octanol–water partition coefficient (Wildman–Crippen LogP) is 2.91. The van der Waals surface area contributed by atoms with Crippen LogP contribution in [0.1, 0.15) is 17.2 Å². The van der Waals surface area contributed by atoms with Gasteiger partial charge in [-0.1, -0.05) is 48.5 Å². The van der Waals surface area contributed by atoms with Crippen LogP contribution in [0.5, 0.6) is 0 Å². The van der Waals surface area contributed by atoms with E-state index in [9.17, 15) is 0 Å². The van der Waals surface area contributed by atoms with Gasteiger partial charge in [0.05, 0.1) is 6.04 Å². The van der Waals surface area contributed by atoms with Gasteiger partial charge in [0.25, 0.3) is 0 Å². The average Bonchev–Trinajstić information content (AvgIpc) is 3.17. The number of hydrogen-bond acceptors (Lipinski definition) is 2. The fourth-order valence-electron chi connectivity index (χ4n) is 4.62. The van der Waals surface area contributed by atoms with Gasteiger partial charge in [-0.25, -0.2) is 0 Å². The number of rotatable bonds is 1. The van der Waals surface area contributed by atoms with E-state index in [-0.39, 0.29) is 0 Å². The molecule has 2 nitrogen and oxygen atoms in total. The summed E-state index contributed by atoms with van der Waals surface area (Å²) in [5.41, 5.74) is 5.89. The number of nitrogens with zero attached hydrogens (tertiary/aromatic N) is 1. The Balaban J connectivity index is 1.60. The second-order valence-corrected chi connectivity index (χ2v) is 6.71. The van der Waals surface area contributed by atoms with E-state index in [0.717, 1.165) is 11.8 Å². The first-order valence-electron chi connectivity index (χ1n) is 8.05. The summed E-state index contributed by atoms with van der Waals surface area (Å²) in [5, 5.41) is 3.55. The fourth-order valence-corrected chi connectivity index (χ4v) is 4.62. The van der Waals surface area contributed by atoms with Crippen LogP contribution in [0.3, 0.4) is 0 Å². The molecule has 0 unspecified atom stereocenters. The molecule has 1 N–H and O–H groups in total. The van der Waals surface area contributed by atoms with Crippen molar-refractivity contribution in [3.63, 3.8) is 0 Å². The monoisotopic (exact) mass is 276 g/mol. The molecule has 3 aliphatic rings. The minimum Gasteiger partial charge on any atom is -0.316 e. The Hall–Kier alpha value is -1.64. The Morgan fingerprint density at radius 3 is 1.86 bits per heavy atom. The lowest BCUT2D eigenvalue weighted by Crippen LogP contribution is -2.29. The molecule has 0 radical (unpaired) electrons. The topological polar surface area (TPSA) is 15.3 Å². The molecule has 2 heterocycles. The zero-order chi connectivity index (χ0) is 13.8. The standard InChI is InChI=1S/C19H20N2/c1-3-7-17-15(5-1)16-6-2-4-8-18(16)19(17)21-11-13-9-20-10-14(13)12-21/h1-8,13-14,19-20H,9-12H2/t13-,14+. The van der Waals surface area contributed by atoms with E-state index in [4.69, 9.17) is 0 Å². The van der Waals surface area contributed by atoms with Gasteiger partial charge in [-0.3, -0.25) is 4.90 Å². The summed E-state index contributed by atoms with van der Waals surface area (Å²) in [4.78, 5) is 2.72. The van der Waals surface area contributed by atoms with Crippen LogP contribution in [0.4, 0.5) is 0 Å². The quantitative estimate of drug-likeness (QED) is 0.861. The molecule has 2 atom stereocenters. The van der Waals surface area contributed by atoms with Crippen LogP contribution in [-0.4, -0.2) is 31.1 Å². The molecule has 0 aromatic heterocycles. The first-order valence-corrected chi connectivity index (χ1v) is 8.05. The van der Waals surface area contributed by atoms with E-state index in [1.54, 1.807) is 0 Å². The molecule has 2 fully saturated rings. The highest BCUT2D eigenvalue weighted by Crippen LogP contribution is 2.48. The van der Waals surface area contributed by atoms with Gasteiger partial charge in [0.1, 0.15) is 0 Å². The van der Waals surface area contributed by atoms with E-state index >= 15 is 0 Å². The minimum atomic E-state index is 0.475. The van der Waals surface area contributed by atoms with E-state index in [1.165, 1.54) is 48.4 Å². The van der Waals surface area contributed by atoms with Crippen molar-refractivity contribution in [3.05, 3.63) is 59.7 Å². The molecule has 106 valence electrons. The zero-order valence-electron chi connectivity index (χ0n) is 12.1. The Morgan fingerprint density at radius 1 is 0.762 bits per heavy atom. The number of nitrogens with one attached hydrogen (secondary N) is 1. The highest BCUT2D eigenvalue weighted by molar-refractivity contribution is 5.78. The first kappa shape index (κ1) is 12.0. The highest BCUT2D eigenvalue weighted by Gasteiger charge is 2.42. The summed E-state index contributed by atoms with van der Waals surface area (Å²) in [6, 6.07) is 18.4. The largest absolute Gasteiger partial charge is 0.316 e. The molecule has 1 aliphatic carbocycles. The minimum absolute atomic E-state index is 0.475. The number of benzene rings is 2. The summed E-state index contributed by atoms with van der Waals surface area (Å²) < 4.78 is 0. The van der Waals surface area contributed by atoms with Crippen LogP contribution in [0.25, 0.3) is 11.1 Å². The van der Waals surface area contributed by atoms with E-state index < -0.39 is 0 Å². The molecule has 2 heteroatoms. The maximum absolute atomic E-state index is 3.55. The fraction of sp³-hybridized carbons (Fsp3) is 0.368. The molecule has 2 saturated heterocycles. The van der Waals surface area contributed by atoms with Gasteiger partial charge in [0.15, 0.2) is 0 Å². The van der Waals surface area contributed by atoms with Crippen molar-refractivity contribution in [2.45, 2.75) is 6.04 Å². The third-order valence-electron chi connectivity index (χ3n) is 5.58. The van der Waals surface area contributed by atoms with Crippen molar-refractivity contribution in [2.75, 3.05) is 26.2 Å². The van der Waals surface area contributed by atoms with Gasteiger partial charge >= 0.3 is 0 Å². The van der Waals surface area contributed by atoms with E-state index in [0.29, 0.717) is 6.04 Å². The summed E-state index contributed by atoms with van der Waals surface area (Å²) in [6.45, 7) is 4.89. The van der Waals surface area contributed by atoms with Gasteiger partial charge in [0.2, 0.25) is 0 Å². The second-order valence-electron chi connectivity index (χ2n) is 6.71. The summed E-state index contributed by atoms with van der Waals surface area (Å²) in [7, 11) is 0. The lowest BCUT2D eigenvalue weighted by atomic mass is 10.0. The lowest BCUT2D eigenvalue weighted by molar-refractivity contribution is 0.264. The zero-order valence-corrected chi connectivity index (χ0v) is 12.1. The maximum Gasteiger partial charge on any atom is 0.0614 e. The Bertz CT molecular complexity index is 636. The predicted molar refractivity (Wildman–Crippen MR) is 85.1 cm³/mol. The van der Waals surface area contributed by atoms with E-state index in [1.807, 2.05) is 0 Å². The molecule has 2 aromatic rings. The third kappa shape index (κ3) is 1.66. The molecule has 0 amide bonds. The number of hydrogen-bond donors (Lipinski definition) is 1. The molecule has 0 spiro atoms. The van der Waals surface area contributed by atoms with Crippen molar-refractivity contribution in [1.82, 2.24) is 10.2 Å². The normalized spacial score (nSPS) is 27.6. The smallest absolute Gasteiger partial charge is 0.0614 e. The van der Waals surface area contributed by atoms with Crippen molar-refractivity contribution in [1.29, 1.82) is 0 Å². The average molecular weight is 276 g/mol. The molecule has 21 heavy (non-hydrogen) atoms. The van der Waals surface area contributed by atoms with Crippen molar-refractivity contribution in [3.8, 4) is 11.1 Å². The Labute approximate surface area is 125 Å². The SMILES string of the molecule is c1ccc2c(c1)-c1ccccc1C2N1C[C@H]2CNC[C@H]2C1. The molecular formula is C19H20N2. The third-order valence-corrected chi connectivity index (χ3v) is 5.58. The van der Waals surface area contributed by atoms with Crippen LogP contribution in [-0.2, 0) is 0 Å². The first-order chi connectivity index (χ1) is 10.4. The van der Waals surface area contributed by atoms with E-state index in [2.05, 4.69) is 58.7 Å². The summed E-state index contributed by atoms with van der Waals surface area (Å²) in [6.07, 6.45) is 0. The van der Waals surface area contributed by atoms with Crippen molar-refractivity contribution >= 4 is 0 Å². The molecular weight excluding hydrogens is 256 g/mol. The number of likely N-dealkylation sites (tertiary alicyclic amines) is 1. The molecule has 5 rings (SSSR count). The van der Waals surface area contributed by atoms with Gasteiger partial charge in [-0.15, -0.1) is 0 Å². The van der Waals surface area contributed by atoms with Crippen LogP contribution in [0.15, 0.2) is 48.5 Å². The highest BCUT2D eigenvalue weighted by atomic mass is 15.2. The number of fused-ring (bicyclic) bond motifs is 4. The Kier molecular flexibility index (Phi) is 2.52. The molecule has 2 aromatic carbocycles. The van der Waals surface area contributed by atoms with Gasteiger partial charge in [0, 0.05) is 13.1 Å². The van der Waals surface area contributed by atoms with Crippen molar-refractivity contribution in [2.24, 2.45) is 11.8 Å². The molecule has 2 aliphatic heterocycles.